The van der Waals surface area contributed by atoms with Crippen LogP contribution in [-0.4, -0.2) is 31.9 Å². The van der Waals surface area contributed by atoms with Gasteiger partial charge in [0.15, 0.2) is 0 Å². The van der Waals surface area contributed by atoms with Crippen molar-refractivity contribution >= 4 is 0 Å². The summed E-state index contributed by atoms with van der Waals surface area (Å²) in [5.41, 5.74) is 0. The maximum atomic E-state index is 5.98. The second-order valence-corrected chi connectivity index (χ2v) is 12.6. The Labute approximate surface area is 183 Å². The zero-order valence-corrected chi connectivity index (χ0v) is 22.9. The average molecular weight is 461 g/mol. The van der Waals surface area contributed by atoms with Gasteiger partial charge in [-0.1, -0.05) is 0 Å². The standard InChI is InChI=1S/C16H33O4.2C2H5.Ti.Zn/c1-5-9-12-18-15(8-4)16(17,19-13-10-6-2)20-14-11-7-3;2*1-2;;/h15H,5-14H2,1-4H3;2*1H2,2H3;;/q-1;;;+1;. The van der Waals surface area contributed by atoms with E-state index in [2.05, 4.69) is 41.5 Å². The van der Waals surface area contributed by atoms with Gasteiger partial charge >= 0.3 is 184 Å². The third-order valence-electron chi connectivity index (χ3n) is 4.03. The van der Waals surface area contributed by atoms with Gasteiger partial charge in [-0.3, -0.25) is 0 Å². The third-order valence-corrected chi connectivity index (χ3v) is 7.45. The van der Waals surface area contributed by atoms with E-state index in [4.69, 9.17) is 17.5 Å². The van der Waals surface area contributed by atoms with Gasteiger partial charge in [-0.2, -0.15) is 0 Å². The van der Waals surface area contributed by atoms with Gasteiger partial charge in [-0.25, -0.2) is 0 Å². The van der Waals surface area contributed by atoms with Crippen molar-refractivity contribution in [2.24, 2.45) is 0 Å². The maximum absolute atomic E-state index is 5.98. The summed E-state index contributed by atoms with van der Waals surface area (Å²) in [4.78, 5) is 0. The zero-order chi connectivity index (χ0) is 20.1. The number of hydrogen-bond donors (Lipinski definition) is 0. The first-order chi connectivity index (χ1) is 12.6. The van der Waals surface area contributed by atoms with Gasteiger partial charge in [0.25, 0.3) is 0 Å². The molecular weight excluding hydrogens is 417 g/mol. The molecule has 26 heavy (non-hydrogen) atoms. The molecule has 0 radical (unpaired) electrons. The summed E-state index contributed by atoms with van der Waals surface area (Å²) in [6.07, 6.45) is 6.92. The molecule has 6 heteroatoms. The van der Waals surface area contributed by atoms with Crippen LogP contribution in [0.5, 0.6) is 0 Å². The fourth-order valence-corrected chi connectivity index (χ4v) is 4.14. The fraction of sp³-hybridized carbons (Fsp3) is 1.00. The second-order valence-electron chi connectivity index (χ2n) is 6.58. The number of rotatable bonds is 17. The van der Waals surface area contributed by atoms with E-state index in [1.165, 1.54) is 10.0 Å². The first-order valence-corrected chi connectivity index (χ1v) is 15.7. The van der Waals surface area contributed by atoms with Crippen LogP contribution in [0.25, 0.3) is 0 Å². The zero-order valence-electron chi connectivity index (χ0n) is 18.4. The van der Waals surface area contributed by atoms with Crippen molar-refractivity contribution in [3.63, 3.8) is 0 Å². The van der Waals surface area contributed by atoms with Crippen LogP contribution in [0, 0.1) is 0 Å². The van der Waals surface area contributed by atoms with E-state index in [-0.39, 0.29) is 23.2 Å². The minimum absolute atomic E-state index is 0.0972. The van der Waals surface area contributed by atoms with Crippen molar-refractivity contribution in [2.75, 3.05) is 19.8 Å². The molecule has 0 bridgehead atoms. The molecular formula is C20H43O4TiZn. The van der Waals surface area contributed by atoms with E-state index in [1.807, 2.05) is 0 Å². The Morgan fingerprint density at radius 1 is 0.769 bits per heavy atom. The quantitative estimate of drug-likeness (QED) is 0.145. The van der Waals surface area contributed by atoms with Crippen molar-refractivity contribution in [3.05, 3.63) is 0 Å². The molecule has 1 unspecified atom stereocenters. The number of ether oxygens (including phenoxy) is 3. The molecule has 0 amide bonds. The van der Waals surface area contributed by atoms with Gasteiger partial charge in [0.2, 0.25) is 0 Å². The summed E-state index contributed by atoms with van der Waals surface area (Å²) in [6.45, 7) is 15.1. The summed E-state index contributed by atoms with van der Waals surface area (Å²) < 4.78 is 23.6. The van der Waals surface area contributed by atoms with Gasteiger partial charge in [0.05, 0.1) is 0 Å². The second kappa shape index (κ2) is 22.5. The Balaban J connectivity index is 0. The van der Waals surface area contributed by atoms with Crippen molar-refractivity contribution in [2.45, 2.75) is 109 Å². The van der Waals surface area contributed by atoms with Crippen molar-refractivity contribution in [1.82, 2.24) is 0 Å². The Morgan fingerprint density at radius 2 is 1.23 bits per heavy atom. The van der Waals surface area contributed by atoms with Crippen LogP contribution < -0.4 is 0 Å². The van der Waals surface area contributed by atoms with Gasteiger partial charge in [0.1, 0.15) is 0 Å². The Bertz CT molecular complexity index is 258. The molecule has 0 aliphatic heterocycles. The number of unbranched alkanes of at least 4 members (excludes halogenated alkanes) is 3. The third kappa shape index (κ3) is 15.1. The molecule has 4 nitrogen and oxygen atoms in total. The van der Waals surface area contributed by atoms with Gasteiger partial charge in [0, 0.05) is 0 Å². The molecule has 0 heterocycles. The SMILES string of the molecule is CCCCOC(CC)C([O][Ti])(OCCCC)OCCCC.C[CH2][Zn][CH2]C. The van der Waals surface area contributed by atoms with E-state index in [0.717, 1.165) is 44.9 Å². The molecule has 0 aromatic heterocycles. The molecule has 153 valence electrons. The van der Waals surface area contributed by atoms with Crippen molar-refractivity contribution in [3.8, 4) is 0 Å². The van der Waals surface area contributed by atoms with Crippen LogP contribution in [0.1, 0.15) is 86.5 Å². The summed E-state index contributed by atoms with van der Waals surface area (Å²) >= 11 is 1.74. The monoisotopic (exact) mass is 459 g/mol. The first-order valence-electron chi connectivity index (χ1n) is 10.9. The molecule has 0 aromatic carbocycles. The molecule has 0 spiro atoms. The van der Waals surface area contributed by atoms with E-state index in [9.17, 15) is 0 Å². The molecule has 1 atom stereocenters. The predicted molar refractivity (Wildman–Crippen MR) is 101 cm³/mol. The first kappa shape index (κ1) is 29.4. The van der Waals surface area contributed by atoms with Crippen LogP contribution >= 0.6 is 0 Å². The van der Waals surface area contributed by atoms with Crippen LogP contribution in [0.2, 0.25) is 10.0 Å². The Morgan fingerprint density at radius 3 is 1.54 bits per heavy atom. The van der Waals surface area contributed by atoms with E-state index < -0.39 is 5.97 Å². The molecule has 0 rings (SSSR count). The summed E-state index contributed by atoms with van der Waals surface area (Å²) in [6, 6.07) is 0. The number of hydrogen-bond acceptors (Lipinski definition) is 4. The molecule has 0 N–H and O–H groups in total. The molecule has 0 aliphatic rings. The molecule has 0 saturated carbocycles. The van der Waals surface area contributed by atoms with E-state index in [0.29, 0.717) is 19.8 Å². The van der Waals surface area contributed by atoms with E-state index >= 15 is 0 Å². The minimum atomic E-state index is -1.06. The predicted octanol–water partition coefficient (Wildman–Crippen LogP) is 6.29. The molecule has 0 saturated heterocycles. The van der Waals surface area contributed by atoms with Gasteiger partial charge in [-0.15, -0.1) is 0 Å². The van der Waals surface area contributed by atoms with Crippen molar-refractivity contribution in [1.29, 1.82) is 0 Å². The Hall–Kier alpha value is 1.18. The van der Waals surface area contributed by atoms with Crippen LogP contribution in [0.15, 0.2) is 0 Å². The van der Waals surface area contributed by atoms with Gasteiger partial charge in [-0.05, 0) is 0 Å². The summed E-state index contributed by atoms with van der Waals surface area (Å²) in [5, 5.41) is 3.06. The van der Waals surface area contributed by atoms with Crippen LogP contribution in [-0.2, 0) is 55.5 Å². The summed E-state index contributed by atoms with van der Waals surface area (Å²) in [7, 11) is 0. The Kier molecular flexibility index (Phi) is 25.4. The normalized spacial score (nSPS) is 12.2. The molecule has 0 fully saturated rings. The van der Waals surface area contributed by atoms with Crippen molar-refractivity contribution < 1.29 is 55.5 Å². The fourth-order valence-electron chi connectivity index (χ4n) is 2.26. The topological polar surface area (TPSA) is 36.9 Å². The molecule has 0 aromatic rings. The van der Waals surface area contributed by atoms with Crippen LogP contribution in [0.3, 0.4) is 0 Å². The average Bonchev–Trinajstić information content (AvgIpc) is 2.66. The molecule has 0 aliphatic carbocycles. The van der Waals surface area contributed by atoms with Crippen LogP contribution in [0.4, 0.5) is 0 Å². The summed E-state index contributed by atoms with van der Waals surface area (Å²) in [5.74, 6) is -1.06. The van der Waals surface area contributed by atoms with Gasteiger partial charge < -0.3 is 0 Å². The van der Waals surface area contributed by atoms with E-state index in [1.54, 1.807) is 20.8 Å².